The van der Waals surface area contributed by atoms with Gasteiger partial charge in [0.05, 0.1) is 12.5 Å². The number of rotatable bonds is 5. The molecule has 0 aromatic heterocycles. The second-order valence-corrected chi connectivity index (χ2v) is 4.57. The van der Waals surface area contributed by atoms with Crippen LogP contribution in [0.3, 0.4) is 0 Å². The van der Waals surface area contributed by atoms with E-state index in [0.29, 0.717) is 10.6 Å². The van der Waals surface area contributed by atoms with E-state index >= 15 is 0 Å². The summed E-state index contributed by atoms with van der Waals surface area (Å²) in [5, 5.41) is 10.3. The van der Waals surface area contributed by atoms with Gasteiger partial charge in [0.25, 0.3) is 0 Å². The van der Waals surface area contributed by atoms with Crippen molar-refractivity contribution in [2.75, 3.05) is 20.1 Å². The maximum atomic E-state index is 12.0. The number of likely N-dealkylation sites (N-methyl/N-ethyl adjacent to an activating group) is 1. The summed E-state index contributed by atoms with van der Waals surface area (Å²) in [4.78, 5) is 1.43. The van der Waals surface area contributed by atoms with E-state index in [1.807, 2.05) is 0 Å². The number of benzene rings is 1. The Morgan fingerprint density at radius 1 is 1.33 bits per heavy atom. The van der Waals surface area contributed by atoms with E-state index in [-0.39, 0.29) is 13.1 Å². The average molecular weight is 282 g/mol. The molecule has 102 valence electrons. The molecule has 1 aromatic rings. The highest BCUT2D eigenvalue weighted by Gasteiger charge is 2.27. The molecule has 0 aliphatic heterocycles. The summed E-state index contributed by atoms with van der Waals surface area (Å²) in [6, 6.07) is 6.74. The average Bonchev–Trinajstić information content (AvgIpc) is 2.26. The number of nitrogens with zero attached hydrogens (tertiary/aromatic N) is 1. The number of hydrogen-bond acceptors (Lipinski definition) is 2. The molecule has 0 saturated carbocycles. The summed E-state index contributed by atoms with van der Waals surface area (Å²) in [5.74, 6) is 0. The lowest BCUT2D eigenvalue weighted by Crippen LogP contribution is -2.28. The molecule has 0 amide bonds. The van der Waals surface area contributed by atoms with Crippen LogP contribution in [0, 0.1) is 0 Å². The molecular formula is C12H15ClF3NO. The van der Waals surface area contributed by atoms with Crippen molar-refractivity contribution in [2.45, 2.75) is 18.7 Å². The molecule has 0 radical (unpaired) electrons. The van der Waals surface area contributed by atoms with Crippen LogP contribution in [0.4, 0.5) is 13.2 Å². The van der Waals surface area contributed by atoms with Crippen LogP contribution in [0.25, 0.3) is 0 Å². The summed E-state index contributed by atoms with van der Waals surface area (Å²) in [6.07, 6.45) is -5.96. The fourth-order valence-corrected chi connectivity index (χ4v) is 1.81. The standard InChI is InChI=1S/C12H15ClF3NO/c1-17(7-6-12(14,15)16)8-11(18)9-4-2-3-5-10(9)13/h2-5,11,18H,6-8H2,1H3. The lowest BCUT2D eigenvalue weighted by Gasteiger charge is -2.21. The zero-order valence-electron chi connectivity index (χ0n) is 9.91. The molecule has 1 rings (SSSR count). The van der Waals surface area contributed by atoms with E-state index in [0.717, 1.165) is 0 Å². The third-order valence-electron chi connectivity index (χ3n) is 2.53. The van der Waals surface area contributed by atoms with Crippen LogP contribution < -0.4 is 0 Å². The molecule has 0 fully saturated rings. The van der Waals surface area contributed by atoms with E-state index in [1.165, 1.54) is 11.9 Å². The monoisotopic (exact) mass is 281 g/mol. The zero-order valence-corrected chi connectivity index (χ0v) is 10.7. The van der Waals surface area contributed by atoms with Gasteiger partial charge in [-0.25, -0.2) is 0 Å². The highest BCUT2D eigenvalue weighted by atomic mass is 35.5. The number of aliphatic hydroxyl groups excluding tert-OH is 1. The normalized spacial score (nSPS) is 13.9. The van der Waals surface area contributed by atoms with Crippen molar-refractivity contribution in [1.29, 1.82) is 0 Å². The van der Waals surface area contributed by atoms with Gasteiger partial charge in [0.15, 0.2) is 0 Å². The van der Waals surface area contributed by atoms with Gasteiger partial charge in [-0.05, 0) is 13.1 Å². The molecule has 1 aromatic carbocycles. The summed E-state index contributed by atoms with van der Waals surface area (Å²) in [6.45, 7) is -0.0369. The first kappa shape index (κ1) is 15.3. The molecule has 0 aliphatic rings. The Labute approximate surface area is 109 Å². The van der Waals surface area contributed by atoms with Gasteiger partial charge in [0.1, 0.15) is 0 Å². The lowest BCUT2D eigenvalue weighted by atomic mass is 10.1. The van der Waals surface area contributed by atoms with Crippen LogP contribution >= 0.6 is 11.6 Å². The van der Waals surface area contributed by atoms with E-state index in [2.05, 4.69) is 0 Å². The van der Waals surface area contributed by atoms with Gasteiger partial charge in [-0.15, -0.1) is 0 Å². The van der Waals surface area contributed by atoms with Gasteiger partial charge in [0, 0.05) is 23.7 Å². The first-order valence-corrected chi connectivity index (χ1v) is 5.85. The van der Waals surface area contributed by atoms with Crippen LogP contribution in [0.2, 0.25) is 5.02 Å². The number of halogens is 4. The predicted octanol–water partition coefficient (Wildman–Crippen LogP) is 3.26. The Bertz CT molecular complexity index is 384. The van der Waals surface area contributed by atoms with Crippen molar-refractivity contribution in [3.8, 4) is 0 Å². The molecule has 0 aliphatic carbocycles. The summed E-state index contributed by atoms with van der Waals surface area (Å²) < 4.78 is 36.1. The molecule has 1 atom stereocenters. The third kappa shape index (κ3) is 5.25. The minimum absolute atomic E-state index is 0.111. The Balaban J connectivity index is 2.50. The number of hydrogen-bond donors (Lipinski definition) is 1. The van der Waals surface area contributed by atoms with Crippen LogP contribution in [0.1, 0.15) is 18.1 Å². The molecule has 0 bridgehead atoms. The fraction of sp³-hybridized carbons (Fsp3) is 0.500. The molecule has 1 N–H and O–H groups in total. The smallest absolute Gasteiger partial charge is 0.387 e. The van der Waals surface area contributed by atoms with Crippen molar-refractivity contribution < 1.29 is 18.3 Å². The van der Waals surface area contributed by atoms with Crippen LogP contribution in [0.15, 0.2) is 24.3 Å². The SMILES string of the molecule is CN(CCC(F)(F)F)CC(O)c1ccccc1Cl. The Morgan fingerprint density at radius 2 is 1.94 bits per heavy atom. The van der Waals surface area contributed by atoms with Crippen molar-refractivity contribution in [3.05, 3.63) is 34.9 Å². The Hall–Kier alpha value is -0.780. The first-order chi connectivity index (χ1) is 8.29. The van der Waals surface area contributed by atoms with Crippen molar-refractivity contribution in [2.24, 2.45) is 0 Å². The minimum Gasteiger partial charge on any atom is -0.387 e. The van der Waals surface area contributed by atoms with Gasteiger partial charge < -0.3 is 10.0 Å². The van der Waals surface area contributed by atoms with Crippen molar-refractivity contribution >= 4 is 11.6 Å². The van der Waals surface area contributed by atoms with E-state index in [4.69, 9.17) is 11.6 Å². The van der Waals surface area contributed by atoms with Gasteiger partial charge in [0.2, 0.25) is 0 Å². The van der Waals surface area contributed by atoms with E-state index in [9.17, 15) is 18.3 Å². The van der Waals surface area contributed by atoms with E-state index in [1.54, 1.807) is 24.3 Å². The number of aliphatic hydroxyl groups is 1. The maximum absolute atomic E-state index is 12.0. The molecular weight excluding hydrogens is 267 g/mol. The van der Waals surface area contributed by atoms with Gasteiger partial charge >= 0.3 is 6.18 Å². The van der Waals surface area contributed by atoms with Gasteiger partial charge in [-0.1, -0.05) is 29.8 Å². The summed E-state index contributed by atoms with van der Waals surface area (Å²) in [7, 11) is 1.53. The van der Waals surface area contributed by atoms with Gasteiger partial charge in [-0.2, -0.15) is 13.2 Å². The Morgan fingerprint density at radius 3 is 2.50 bits per heavy atom. The topological polar surface area (TPSA) is 23.5 Å². The van der Waals surface area contributed by atoms with Gasteiger partial charge in [-0.3, -0.25) is 0 Å². The summed E-state index contributed by atoms with van der Waals surface area (Å²) in [5.41, 5.74) is 0.526. The van der Waals surface area contributed by atoms with E-state index < -0.39 is 18.7 Å². The zero-order chi connectivity index (χ0) is 13.8. The molecule has 0 spiro atoms. The molecule has 18 heavy (non-hydrogen) atoms. The molecule has 2 nitrogen and oxygen atoms in total. The molecule has 0 saturated heterocycles. The Kier molecular flexibility index (Phi) is 5.44. The maximum Gasteiger partial charge on any atom is 0.390 e. The van der Waals surface area contributed by atoms with Crippen LogP contribution in [-0.4, -0.2) is 36.3 Å². The highest BCUT2D eigenvalue weighted by Crippen LogP contribution is 2.24. The molecule has 1 unspecified atom stereocenters. The second kappa shape index (κ2) is 6.41. The largest absolute Gasteiger partial charge is 0.390 e. The highest BCUT2D eigenvalue weighted by molar-refractivity contribution is 6.31. The van der Waals surface area contributed by atoms with Crippen molar-refractivity contribution in [3.63, 3.8) is 0 Å². The first-order valence-electron chi connectivity index (χ1n) is 5.47. The quantitative estimate of drug-likeness (QED) is 0.895. The predicted molar refractivity (Wildman–Crippen MR) is 64.6 cm³/mol. The molecule has 6 heteroatoms. The minimum atomic E-state index is -4.18. The second-order valence-electron chi connectivity index (χ2n) is 4.16. The summed E-state index contributed by atoms with van der Waals surface area (Å²) >= 11 is 5.89. The van der Waals surface area contributed by atoms with Crippen molar-refractivity contribution in [1.82, 2.24) is 4.90 Å². The molecule has 0 heterocycles. The van der Waals surface area contributed by atoms with Crippen LogP contribution in [-0.2, 0) is 0 Å². The fourth-order valence-electron chi connectivity index (χ4n) is 1.55. The lowest BCUT2D eigenvalue weighted by molar-refractivity contribution is -0.137. The number of alkyl halides is 3. The van der Waals surface area contributed by atoms with Crippen LogP contribution in [0.5, 0.6) is 0 Å². The third-order valence-corrected chi connectivity index (χ3v) is 2.87.